The summed E-state index contributed by atoms with van der Waals surface area (Å²) >= 11 is 8.55. The minimum Gasteiger partial charge on any atom is -0.383 e. The lowest BCUT2D eigenvalue weighted by Gasteiger charge is -2.13. The quantitative estimate of drug-likeness (QED) is 0.739. The van der Waals surface area contributed by atoms with Crippen molar-refractivity contribution >= 4 is 45.6 Å². The summed E-state index contributed by atoms with van der Waals surface area (Å²) in [6, 6.07) is 6.80. The highest BCUT2D eigenvalue weighted by Crippen LogP contribution is 2.32. The molecule has 0 aliphatic carbocycles. The first-order chi connectivity index (χ1) is 9.68. The first kappa shape index (κ1) is 13.8. The summed E-state index contributed by atoms with van der Waals surface area (Å²) < 4.78 is 14.9. The first-order valence-electron chi connectivity index (χ1n) is 6.06. The van der Waals surface area contributed by atoms with Crippen molar-refractivity contribution in [3.63, 3.8) is 0 Å². The van der Waals surface area contributed by atoms with Gasteiger partial charge in [0.05, 0.1) is 17.3 Å². The van der Waals surface area contributed by atoms with Crippen LogP contribution in [0.1, 0.15) is 11.3 Å². The molecule has 0 amide bonds. The van der Waals surface area contributed by atoms with Gasteiger partial charge >= 0.3 is 0 Å². The van der Waals surface area contributed by atoms with Gasteiger partial charge in [-0.05, 0) is 46.9 Å². The minimum atomic E-state index is -0.394. The smallest absolute Gasteiger partial charge is 0.151 e. The van der Waals surface area contributed by atoms with Crippen LogP contribution in [-0.2, 0) is 0 Å². The molecule has 2 aromatic rings. The third kappa shape index (κ3) is 2.40. The highest BCUT2D eigenvalue weighted by Gasteiger charge is 2.22. The van der Waals surface area contributed by atoms with E-state index in [1.165, 1.54) is 6.07 Å². The van der Waals surface area contributed by atoms with Gasteiger partial charge in [0.2, 0.25) is 0 Å². The number of aromatic nitrogens is 1. The molecule has 0 spiro atoms. The van der Waals surface area contributed by atoms with Crippen LogP contribution in [0.4, 0.5) is 10.1 Å². The number of halogens is 3. The highest BCUT2D eigenvalue weighted by atomic mass is 127. The molecule has 1 aliphatic heterocycles. The maximum atomic E-state index is 14.0. The van der Waals surface area contributed by atoms with Crippen LogP contribution >= 0.6 is 34.2 Å². The van der Waals surface area contributed by atoms with Gasteiger partial charge in [0.25, 0.3) is 0 Å². The largest absolute Gasteiger partial charge is 0.383 e. The molecule has 1 aliphatic rings. The fourth-order valence-electron chi connectivity index (χ4n) is 2.12. The second-order valence-corrected chi connectivity index (χ2v) is 5.82. The average molecular weight is 402 g/mol. The fourth-order valence-corrected chi connectivity index (χ4v) is 2.82. The molecule has 0 radical (unpaired) electrons. The highest BCUT2D eigenvalue weighted by molar-refractivity contribution is 14.1. The SMILES string of the molecule is Fc1cccnc1C1=NCCNc2ccc(I)c(Cl)c21. The second kappa shape index (κ2) is 5.65. The lowest BCUT2D eigenvalue weighted by Crippen LogP contribution is -2.11. The predicted molar refractivity (Wildman–Crippen MR) is 87.4 cm³/mol. The van der Waals surface area contributed by atoms with E-state index in [1.54, 1.807) is 12.3 Å². The van der Waals surface area contributed by atoms with Crippen molar-refractivity contribution in [2.75, 3.05) is 18.4 Å². The van der Waals surface area contributed by atoms with Gasteiger partial charge in [-0.25, -0.2) is 4.39 Å². The summed E-state index contributed by atoms with van der Waals surface area (Å²) in [5.41, 5.74) is 2.32. The number of aliphatic imine (C=N–C) groups is 1. The van der Waals surface area contributed by atoms with E-state index in [4.69, 9.17) is 11.6 Å². The van der Waals surface area contributed by atoms with Crippen LogP contribution in [0.3, 0.4) is 0 Å². The molecule has 1 aromatic heterocycles. The van der Waals surface area contributed by atoms with E-state index >= 15 is 0 Å². The first-order valence-corrected chi connectivity index (χ1v) is 7.51. The minimum absolute atomic E-state index is 0.237. The maximum Gasteiger partial charge on any atom is 0.151 e. The number of benzodiazepines with no additional fused rings is 1. The van der Waals surface area contributed by atoms with Crippen molar-refractivity contribution in [2.24, 2.45) is 4.99 Å². The Balaban J connectivity index is 2.26. The average Bonchev–Trinajstić information content (AvgIpc) is 2.66. The van der Waals surface area contributed by atoms with Crippen molar-refractivity contribution < 1.29 is 4.39 Å². The molecule has 0 atom stereocenters. The molecule has 2 heterocycles. The molecule has 102 valence electrons. The Morgan fingerprint density at radius 1 is 1.30 bits per heavy atom. The third-order valence-corrected chi connectivity index (χ3v) is 4.62. The van der Waals surface area contributed by atoms with E-state index in [-0.39, 0.29) is 5.69 Å². The molecule has 3 rings (SSSR count). The summed E-state index contributed by atoms with van der Waals surface area (Å²) in [6.45, 7) is 1.23. The molecule has 20 heavy (non-hydrogen) atoms. The van der Waals surface area contributed by atoms with Crippen LogP contribution in [0.25, 0.3) is 0 Å². The Bertz CT molecular complexity index is 703. The number of pyridine rings is 1. The predicted octanol–water partition coefficient (Wildman–Crippen LogP) is 3.74. The Kier molecular flexibility index (Phi) is 3.89. The topological polar surface area (TPSA) is 37.3 Å². The van der Waals surface area contributed by atoms with Gasteiger partial charge in [0.15, 0.2) is 5.82 Å². The summed E-state index contributed by atoms with van der Waals surface area (Å²) in [5, 5.41) is 3.83. The molecular weight excluding hydrogens is 392 g/mol. The summed E-state index contributed by atoms with van der Waals surface area (Å²) in [6.07, 6.45) is 1.56. The van der Waals surface area contributed by atoms with Crippen LogP contribution in [0.5, 0.6) is 0 Å². The van der Waals surface area contributed by atoms with Crippen LogP contribution in [0, 0.1) is 9.39 Å². The van der Waals surface area contributed by atoms with E-state index in [2.05, 4.69) is 37.9 Å². The molecule has 1 aromatic carbocycles. The third-order valence-electron chi connectivity index (χ3n) is 3.01. The van der Waals surface area contributed by atoms with Gasteiger partial charge in [0.1, 0.15) is 5.69 Å². The number of hydrogen-bond acceptors (Lipinski definition) is 3. The monoisotopic (exact) mass is 401 g/mol. The number of nitrogens with zero attached hydrogens (tertiary/aromatic N) is 2. The zero-order valence-electron chi connectivity index (χ0n) is 10.3. The Labute approximate surface area is 134 Å². The Hall–Kier alpha value is -1.21. The van der Waals surface area contributed by atoms with Gasteiger partial charge in [0, 0.05) is 27.6 Å². The number of benzene rings is 1. The van der Waals surface area contributed by atoms with Crippen molar-refractivity contribution in [2.45, 2.75) is 0 Å². The molecule has 0 saturated carbocycles. The number of fused-ring (bicyclic) bond motifs is 1. The summed E-state index contributed by atoms with van der Waals surface area (Å²) in [4.78, 5) is 8.58. The van der Waals surface area contributed by atoms with Crippen molar-refractivity contribution in [1.82, 2.24) is 4.98 Å². The van der Waals surface area contributed by atoms with Gasteiger partial charge in [-0.15, -0.1) is 0 Å². The summed E-state index contributed by atoms with van der Waals surface area (Å²) in [5.74, 6) is -0.394. The fraction of sp³-hybridized carbons (Fsp3) is 0.143. The maximum absolute atomic E-state index is 14.0. The van der Waals surface area contributed by atoms with Gasteiger partial charge < -0.3 is 5.32 Å². The van der Waals surface area contributed by atoms with Crippen molar-refractivity contribution in [1.29, 1.82) is 0 Å². The van der Waals surface area contributed by atoms with Crippen LogP contribution in [0.2, 0.25) is 5.02 Å². The van der Waals surface area contributed by atoms with Crippen LogP contribution in [0.15, 0.2) is 35.5 Å². The van der Waals surface area contributed by atoms with E-state index in [9.17, 15) is 4.39 Å². The van der Waals surface area contributed by atoms with E-state index < -0.39 is 5.82 Å². The zero-order chi connectivity index (χ0) is 14.1. The lowest BCUT2D eigenvalue weighted by molar-refractivity contribution is 0.618. The number of hydrogen-bond donors (Lipinski definition) is 1. The van der Waals surface area contributed by atoms with Crippen molar-refractivity contribution in [3.05, 3.63) is 56.1 Å². The standard InChI is InChI=1S/C14H10ClFIN3/c15-12-9(17)3-4-10-11(12)14(20-7-6-18-10)13-8(16)2-1-5-19-13/h1-5,18H,6-7H2. The number of anilines is 1. The molecule has 0 unspecified atom stereocenters. The number of rotatable bonds is 1. The molecule has 0 saturated heterocycles. The van der Waals surface area contributed by atoms with Crippen LogP contribution < -0.4 is 5.32 Å². The molecule has 1 N–H and O–H groups in total. The van der Waals surface area contributed by atoms with Crippen LogP contribution in [-0.4, -0.2) is 23.8 Å². The lowest BCUT2D eigenvalue weighted by atomic mass is 10.0. The zero-order valence-corrected chi connectivity index (χ0v) is 13.2. The van der Waals surface area contributed by atoms with Gasteiger partial charge in [-0.1, -0.05) is 11.6 Å². The number of nitrogens with one attached hydrogen (secondary N) is 1. The molecule has 6 heteroatoms. The molecule has 0 fully saturated rings. The van der Waals surface area contributed by atoms with Crippen molar-refractivity contribution in [3.8, 4) is 0 Å². The molecule has 0 bridgehead atoms. The van der Waals surface area contributed by atoms with E-state index in [1.807, 2.05) is 12.1 Å². The summed E-state index contributed by atoms with van der Waals surface area (Å²) in [7, 11) is 0. The molecular formula is C14H10ClFIN3. The van der Waals surface area contributed by atoms with Gasteiger partial charge in [-0.2, -0.15) is 0 Å². The van der Waals surface area contributed by atoms with E-state index in [0.717, 1.165) is 9.26 Å². The van der Waals surface area contributed by atoms with E-state index in [0.29, 0.717) is 29.4 Å². The Morgan fingerprint density at radius 3 is 2.95 bits per heavy atom. The second-order valence-electron chi connectivity index (χ2n) is 4.27. The normalized spacial score (nSPS) is 14.1. The van der Waals surface area contributed by atoms with Gasteiger partial charge in [-0.3, -0.25) is 9.98 Å². The molecule has 3 nitrogen and oxygen atoms in total. The Morgan fingerprint density at radius 2 is 2.15 bits per heavy atom.